The second kappa shape index (κ2) is 9.40. The molecule has 8 heteroatoms. The maximum Gasteiger partial charge on any atom is 0.245 e. The number of nitrogen functional groups attached to an aromatic ring is 1. The van der Waals surface area contributed by atoms with E-state index in [0.29, 0.717) is 22.4 Å². The van der Waals surface area contributed by atoms with E-state index in [1.165, 1.54) is 36.8 Å². The number of pyridine rings is 1. The average molecular weight is 383 g/mol. The molecular weight excluding hydrogens is 361 g/mol. The topological polar surface area (TPSA) is 105 Å². The summed E-state index contributed by atoms with van der Waals surface area (Å²) in [7, 11) is 0. The van der Waals surface area contributed by atoms with Crippen LogP contribution in [0.15, 0.2) is 49.4 Å². The van der Waals surface area contributed by atoms with Gasteiger partial charge in [-0.1, -0.05) is 12.6 Å². The number of carbonyl (C=O) groups is 1. The first-order valence-corrected chi connectivity index (χ1v) is 8.68. The fourth-order valence-electron chi connectivity index (χ4n) is 2.54. The van der Waals surface area contributed by atoms with E-state index in [-0.39, 0.29) is 17.2 Å². The van der Waals surface area contributed by atoms with Gasteiger partial charge < -0.3 is 15.7 Å². The van der Waals surface area contributed by atoms with Crippen LogP contribution in [0, 0.1) is 5.82 Å². The van der Waals surface area contributed by atoms with Crippen molar-refractivity contribution in [3.05, 3.63) is 55.3 Å². The number of carbonyl (C=O) groups excluding carboxylic acids is 1. The van der Waals surface area contributed by atoms with Crippen LogP contribution in [0.2, 0.25) is 0 Å². The lowest BCUT2D eigenvalue weighted by Crippen LogP contribution is -2.28. The minimum Gasteiger partial charge on any atom is -0.507 e. The summed E-state index contributed by atoms with van der Waals surface area (Å²) in [6.45, 7) is 8.82. The number of benzene rings is 1. The second-order valence-corrected chi connectivity index (χ2v) is 5.69. The van der Waals surface area contributed by atoms with Crippen molar-refractivity contribution in [2.24, 2.45) is 0 Å². The molecule has 1 amide bonds. The van der Waals surface area contributed by atoms with Crippen LogP contribution >= 0.6 is 0 Å². The number of aromatic nitrogens is 3. The highest BCUT2D eigenvalue weighted by molar-refractivity contribution is 5.89. The standard InChI is InChI=1S/C13H9FN4O.C7H13NO/c14-8-2-1-3-11(19)12(8)10-4-9-7(5-16-10)13(15)18-6-17-9;1-4-7(9)8(5-2)6-3/h1-6,19H,(H2,15,17,18);4H,1,5-6H2,2-3H3. The number of anilines is 1. The molecule has 0 saturated heterocycles. The van der Waals surface area contributed by atoms with Crippen LogP contribution in [-0.2, 0) is 4.79 Å². The van der Waals surface area contributed by atoms with Gasteiger partial charge in [0, 0.05) is 19.3 Å². The lowest BCUT2D eigenvalue weighted by molar-refractivity contribution is -0.125. The lowest BCUT2D eigenvalue weighted by Gasteiger charge is -2.15. The van der Waals surface area contributed by atoms with E-state index < -0.39 is 5.82 Å². The van der Waals surface area contributed by atoms with Crippen molar-refractivity contribution in [3.63, 3.8) is 0 Å². The maximum atomic E-state index is 13.8. The van der Waals surface area contributed by atoms with Crippen LogP contribution in [-0.4, -0.2) is 44.0 Å². The third-order valence-corrected chi connectivity index (χ3v) is 4.05. The van der Waals surface area contributed by atoms with Crippen LogP contribution < -0.4 is 5.73 Å². The Morgan fingerprint density at radius 2 is 2.00 bits per heavy atom. The zero-order valence-corrected chi connectivity index (χ0v) is 15.8. The van der Waals surface area contributed by atoms with Gasteiger partial charge in [-0.25, -0.2) is 14.4 Å². The number of likely N-dealkylation sites (N-methyl/N-ethyl adjacent to an activating group) is 1. The molecule has 2 heterocycles. The fraction of sp³-hybridized carbons (Fsp3) is 0.200. The van der Waals surface area contributed by atoms with Crippen molar-refractivity contribution in [1.29, 1.82) is 0 Å². The molecule has 3 N–H and O–H groups in total. The Kier molecular flexibility index (Phi) is 6.97. The molecule has 0 bridgehead atoms. The average Bonchev–Trinajstić information content (AvgIpc) is 2.69. The third-order valence-electron chi connectivity index (χ3n) is 4.05. The highest BCUT2D eigenvalue weighted by atomic mass is 19.1. The van der Waals surface area contributed by atoms with Gasteiger partial charge in [0.1, 0.15) is 23.7 Å². The Balaban J connectivity index is 0.000000266. The smallest absolute Gasteiger partial charge is 0.245 e. The van der Waals surface area contributed by atoms with Crippen LogP contribution in [0.1, 0.15) is 13.8 Å². The fourth-order valence-corrected chi connectivity index (χ4v) is 2.54. The summed E-state index contributed by atoms with van der Waals surface area (Å²) < 4.78 is 13.8. The molecule has 1 aromatic carbocycles. The summed E-state index contributed by atoms with van der Waals surface area (Å²) in [4.78, 5) is 24.5. The van der Waals surface area contributed by atoms with Gasteiger partial charge in [0.15, 0.2) is 0 Å². The summed E-state index contributed by atoms with van der Waals surface area (Å²) >= 11 is 0. The highest BCUT2D eigenvalue weighted by Gasteiger charge is 2.13. The first-order valence-electron chi connectivity index (χ1n) is 8.68. The zero-order valence-electron chi connectivity index (χ0n) is 15.8. The number of nitrogens with two attached hydrogens (primary N) is 1. The molecule has 0 aliphatic carbocycles. The summed E-state index contributed by atoms with van der Waals surface area (Å²) in [5.41, 5.74) is 6.57. The number of hydrogen-bond donors (Lipinski definition) is 2. The number of fused-ring (bicyclic) bond motifs is 1. The summed E-state index contributed by atoms with van der Waals surface area (Å²) in [5, 5.41) is 10.3. The van der Waals surface area contributed by atoms with Crippen molar-refractivity contribution in [2.75, 3.05) is 18.8 Å². The van der Waals surface area contributed by atoms with Crippen molar-refractivity contribution in [2.45, 2.75) is 13.8 Å². The molecule has 0 aliphatic heterocycles. The molecule has 146 valence electrons. The van der Waals surface area contributed by atoms with Gasteiger partial charge in [0.05, 0.1) is 22.2 Å². The molecule has 0 radical (unpaired) electrons. The predicted octanol–water partition coefficient (Wildman–Crippen LogP) is 3.16. The number of hydrogen-bond acceptors (Lipinski definition) is 6. The van der Waals surface area contributed by atoms with Crippen molar-refractivity contribution in [1.82, 2.24) is 19.9 Å². The Morgan fingerprint density at radius 1 is 1.29 bits per heavy atom. The van der Waals surface area contributed by atoms with Gasteiger partial charge in [-0.3, -0.25) is 9.78 Å². The van der Waals surface area contributed by atoms with Crippen molar-refractivity contribution >= 4 is 22.6 Å². The van der Waals surface area contributed by atoms with Gasteiger partial charge in [-0.15, -0.1) is 0 Å². The number of rotatable bonds is 4. The Hall–Kier alpha value is -3.55. The Morgan fingerprint density at radius 3 is 2.57 bits per heavy atom. The van der Waals surface area contributed by atoms with E-state index in [9.17, 15) is 14.3 Å². The van der Waals surface area contributed by atoms with E-state index in [1.807, 2.05) is 13.8 Å². The molecule has 0 unspecified atom stereocenters. The van der Waals surface area contributed by atoms with Gasteiger partial charge in [0.25, 0.3) is 0 Å². The predicted molar refractivity (Wildman–Crippen MR) is 107 cm³/mol. The number of phenolic OH excluding ortho intramolecular Hbond substituents is 1. The van der Waals surface area contributed by atoms with Crippen LogP contribution in [0.5, 0.6) is 5.75 Å². The molecule has 0 spiro atoms. The monoisotopic (exact) mass is 383 g/mol. The SMILES string of the molecule is C=CC(=O)N(CC)CC.Nc1ncnc2cc(-c3c(O)cccc3F)ncc12. The molecule has 0 fully saturated rings. The minimum absolute atomic E-state index is 0.0139. The van der Waals surface area contributed by atoms with Gasteiger partial charge in [-0.05, 0) is 38.1 Å². The molecule has 0 aliphatic rings. The third kappa shape index (κ3) is 4.59. The molecular formula is C20H22FN5O2. The van der Waals surface area contributed by atoms with E-state index >= 15 is 0 Å². The van der Waals surface area contributed by atoms with E-state index in [0.717, 1.165) is 13.1 Å². The van der Waals surface area contributed by atoms with Gasteiger partial charge in [-0.2, -0.15) is 0 Å². The molecule has 3 rings (SSSR count). The Labute approximate surface area is 162 Å². The number of aromatic hydroxyl groups is 1. The van der Waals surface area contributed by atoms with Crippen LogP contribution in [0.3, 0.4) is 0 Å². The number of nitrogens with zero attached hydrogens (tertiary/aromatic N) is 4. The van der Waals surface area contributed by atoms with Crippen molar-refractivity contribution in [3.8, 4) is 17.0 Å². The number of amides is 1. The molecule has 0 saturated carbocycles. The van der Waals surface area contributed by atoms with Crippen LogP contribution in [0.25, 0.3) is 22.2 Å². The first kappa shape index (κ1) is 20.8. The maximum absolute atomic E-state index is 13.8. The first-order chi connectivity index (χ1) is 13.4. The van der Waals surface area contributed by atoms with E-state index in [2.05, 4.69) is 21.5 Å². The van der Waals surface area contributed by atoms with Crippen LogP contribution in [0.4, 0.5) is 10.2 Å². The number of halogens is 1. The normalized spacial score (nSPS) is 10.1. The minimum atomic E-state index is -0.547. The van der Waals surface area contributed by atoms with Gasteiger partial charge in [0.2, 0.25) is 5.91 Å². The second-order valence-electron chi connectivity index (χ2n) is 5.69. The Bertz CT molecular complexity index is 969. The highest BCUT2D eigenvalue weighted by Crippen LogP contribution is 2.31. The zero-order chi connectivity index (χ0) is 20.7. The van der Waals surface area contributed by atoms with E-state index in [1.54, 1.807) is 11.0 Å². The molecule has 7 nitrogen and oxygen atoms in total. The van der Waals surface area contributed by atoms with E-state index in [4.69, 9.17) is 5.73 Å². The number of phenols is 1. The molecule has 2 aromatic heterocycles. The molecule has 0 atom stereocenters. The molecule has 28 heavy (non-hydrogen) atoms. The molecule has 3 aromatic rings. The van der Waals surface area contributed by atoms with Crippen molar-refractivity contribution < 1.29 is 14.3 Å². The quantitative estimate of drug-likeness (QED) is 0.671. The van der Waals surface area contributed by atoms with Gasteiger partial charge >= 0.3 is 0 Å². The largest absolute Gasteiger partial charge is 0.507 e. The summed E-state index contributed by atoms with van der Waals surface area (Å²) in [6.07, 6.45) is 4.13. The summed E-state index contributed by atoms with van der Waals surface area (Å²) in [5.74, 6) is -0.399. The summed E-state index contributed by atoms with van der Waals surface area (Å²) in [6, 6.07) is 5.65. The lowest BCUT2D eigenvalue weighted by atomic mass is 10.1.